The van der Waals surface area contributed by atoms with E-state index in [0.717, 1.165) is 5.69 Å². The predicted octanol–water partition coefficient (Wildman–Crippen LogP) is 2.50. The van der Waals surface area contributed by atoms with E-state index in [-0.39, 0.29) is 5.55 Å². The topological polar surface area (TPSA) is 49.0 Å². The van der Waals surface area contributed by atoms with E-state index in [2.05, 4.69) is 5.32 Å². The molecular weight excluding hydrogens is 176 g/mol. The zero-order valence-corrected chi connectivity index (χ0v) is 7.53. The molecule has 0 aliphatic carbocycles. The highest BCUT2D eigenvalue weighted by molar-refractivity contribution is 5.57. The van der Waals surface area contributed by atoms with Gasteiger partial charge in [-0.15, -0.1) is 0 Å². The van der Waals surface area contributed by atoms with Gasteiger partial charge in [0.15, 0.2) is 0 Å². The molecule has 2 N–H and O–H groups in total. The van der Waals surface area contributed by atoms with Gasteiger partial charge in [-0.25, -0.2) is 0 Å². The molecule has 70 valence electrons. The Bertz CT molecular complexity index is 462. The average Bonchev–Trinajstić information content (AvgIpc) is 2.23. The van der Waals surface area contributed by atoms with Crippen molar-refractivity contribution < 1.29 is 4.42 Å². The highest BCUT2D eigenvalue weighted by atomic mass is 16.3. The maximum Gasteiger partial charge on any atom is 0.235 e. The van der Waals surface area contributed by atoms with Gasteiger partial charge in [-0.05, 0) is 24.3 Å². The summed E-state index contributed by atoms with van der Waals surface area (Å²) in [6.07, 6.45) is 1.48. The maximum absolute atomic E-state index is 7.49. The second kappa shape index (κ2) is 3.79. The highest BCUT2D eigenvalue weighted by Crippen LogP contribution is 2.11. The average molecular weight is 186 g/mol. The minimum atomic E-state index is 0.136. The van der Waals surface area contributed by atoms with E-state index in [0.29, 0.717) is 5.69 Å². The van der Waals surface area contributed by atoms with E-state index in [1.54, 1.807) is 12.1 Å². The van der Waals surface area contributed by atoms with E-state index in [1.165, 1.54) is 6.26 Å². The minimum absolute atomic E-state index is 0.136. The van der Waals surface area contributed by atoms with Crippen LogP contribution in [0.2, 0.25) is 0 Å². The Hall–Kier alpha value is -2.03. The van der Waals surface area contributed by atoms with Crippen molar-refractivity contribution >= 4 is 11.4 Å². The minimum Gasteiger partial charge on any atom is -0.445 e. The Morgan fingerprint density at radius 3 is 2.50 bits per heavy atom. The fraction of sp³-hybridized carbons (Fsp3) is 0. The molecule has 3 heteroatoms. The van der Waals surface area contributed by atoms with Crippen molar-refractivity contribution in [2.24, 2.45) is 0 Å². The van der Waals surface area contributed by atoms with Gasteiger partial charge in [-0.3, -0.25) is 5.41 Å². The summed E-state index contributed by atoms with van der Waals surface area (Å²) in [5.74, 6) is 0. The maximum atomic E-state index is 7.49. The SMILES string of the molecule is N=c1occcc1Nc1ccccc1. The highest BCUT2D eigenvalue weighted by Gasteiger charge is 1.95. The first-order chi connectivity index (χ1) is 6.86. The van der Waals surface area contributed by atoms with Crippen LogP contribution >= 0.6 is 0 Å². The fourth-order valence-electron chi connectivity index (χ4n) is 1.16. The van der Waals surface area contributed by atoms with Gasteiger partial charge in [0.05, 0.1) is 6.26 Å². The lowest BCUT2D eigenvalue weighted by Crippen LogP contribution is -2.05. The van der Waals surface area contributed by atoms with Gasteiger partial charge in [0.2, 0.25) is 5.55 Å². The largest absolute Gasteiger partial charge is 0.445 e. The van der Waals surface area contributed by atoms with Crippen LogP contribution < -0.4 is 10.9 Å². The van der Waals surface area contributed by atoms with Crippen LogP contribution in [0.1, 0.15) is 0 Å². The fourth-order valence-corrected chi connectivity index (χ4v) is 1.16. The first-order valence-electron chi connectivity index (χ1n) is 4.31. The van der Waals surface area contributed by atoms with Gasteiger partial charge in [-0.2, -0.15) is 0 Å². The number of rotatable bonds is 2. The third-order valence-electron chi connectivity index (χ3n) is 1.82. The van der Waals surface area contributed by atoms with Crippen LogP contribution in [0.15, 0.2) is 53.1 Å². The lowest BCUT2D eigenvalue weighted by Gasteiger charge is -2.04. The van der Waals surface area contributed by atoms with Crippen molar-refractivity contribution in [3.05, 3.63) is 54.3 Å². The molecule has 0 spiro atoms. The molecule has 1 heterocycles. The molecule has 0 atom stereocenters. The molecule has 0 fully saturated rings. The molecule has 0 amide bonds. The van der Waals surface area contributed by atoms with E-state index < -0.39 is 0 Å². The molecule has 3 nitrogen and oxygen atoms in total. The lowest BCUT2D eigenvalue weighted by molar-refractivity contribution is 0.489. The first-order valence-corrected chi connectivity index (χ1v) is 4.31. The van der Waals surface area contributed by atoms with E-state index in [4.69, 9.17) is 9.83 Å². The third kappa shape index (κ3) is 1.82. The van der Waals surface area contributed by atoms with Crippen molar-refractivity contribution in [3.63, 3.8) is 0 Å². The van der Waals surface area contributed by atoms with Crippen LogP contribution in [-0.4, -0.2) is 0 Å². The van der Waals surface area contributed by atoms with Crippen molar-refractivity contribution in [1.29, 1.82) is 5.41 Å². The molecule has 0 aliphatic rings. The lowest BCUT2D eigenvalue weighted by atomic mass is 10.3. The molecule has 1 aromatic heterocycles. The molecule has 2 rings (SSSR count). The molecule has 0 radical (unpaired) electrons. The summed E-state index contributed by atoms with van der Waals surface area (Å²) in [5, 5.41) is 10.6. The zero-order valence-electron chi connectivity index (χ0n) is 7.53. The van der Waals surface area contributed by atoms with Crippen LogP contribution in [0.3, 0.4) is 0 Å². The molecule has 14 heavy (non-hydrogen) atoms. The Morgan fingerprint density at radius 1 is 1.00 bits per heavy atom. The van der Waals surface area contributed by atoms with Gasteiger partial charge in [0.25, 0.3) is 0 Å². The van der Waals surface area contributed by atoms with Crippen molar-refractivity contribution in [1.82, 2.24) is 0 Å². The van der Waals surface area contributed by atoms with E-state index in [1.807, 2.05) is 30.3 Å². The summed E-state index contributed by atoms with van der Waals surface area (Å²) in [4.78, 5) is 0. The van der Waals surface area contributed by atoms with Crippen molar-refractivity contribution in [2.75, 3.05) is 5.32 Å². The summed E-state index contributed by atoms with van der Waals surface area (Å²) in [7, 11) is 0. The number of para-hydroxylation sites is 1. The smallest absolute Gasteiger partial charge is 0.235 e. The van der Waals surface area contributed by atoms with Crippen LogP contribution in [0.25, 0.3) is 0 Å². The van der Waals surface area contributed by atoms with Crippen LogP contribution in [-0.2, 0) is 0 Å². The predicted molar refractivity (Wildman–Crippen MR) is 54.3 cm³/mol. The molecule has 1 aromatic carbocycles. The Morgan fingerprint density at radius 2 is 1.79 bits per heavy atom. The molecule has 0 saturated carbocycles. The quantitative estimate of drug-likeness (QED) is 0.757. The second-order valence-electron chi connectivity index (χ2n) is 2.85. The first kappa shape index (κ1) is 8.56. The number of benzene rings is 1. The van der Waals surface area contributed by atoms with Gasteiger partial charge in [0.1, 0.15) is 5.69 Å². The molecule has 0 unspecified atom stereocenters. The third-order valence-corrected chi connectivity index (χ3v) is 1.82. The number of nitrogens with one attached hydrogen (secondary N) is 2. The van der Waals surface area contributed by atoms with Crippen LogP contribution in [0, 0.1) is 5.41 Å². The summed E-state index contributed by atoms with van der Waals surface area (Å²) < 4.78 is 4.93. The van der Waals surface area contributed by atoms with E-state index >= 15 is 0 Å². The normalized spacial score (nSPS) is 9.71. The second-order valence-corrected chi connectivity index (χ2v) is 2.85. The number of hydrogen-bond acceptors (Lipinski definition) is 3. The number of anilines is 2. The molecule has 0 bridgehead atoms. The standard InChI is InChI=1S/C11H10N2O/c12-11-10(7-4-8-14-11)13-9-5-2-1-3-6-9/h1-8,12-13H. The van der Waals surface area contributed by atoms with Crippen molar-refractivity contribution in [3.8, 4) is 0 Å². The molecule has 0 saturated heterocycles. The molecule has 2 aromatic rings. The monoisotopic (exact) mass is 186 g/mol. The summed E-state index contributed by atoms with van der Waals surface area (Å²) in [6.45, 7) is 0. The molecule has 0 aliphatic heterocycles. The summed E-state index contributed by atoms with van der Waals surface area (Å²) in [5.41, 5.74) is 1.75. The van der Waals surface area contributed by atoms with Crippen molar-refractivity contribution in [2.45, 2.75) is 0 Å². The van der Waals surface area contributed by atoms with Crippen LogP contribution in [0.5, 0.6) is 0 Å². The Balaban J connectivity index is 2.28. The zero-order chi connectivity index (χ0) is 9.80. The van der Waals surface area contributed by atoms with E-state index in [9.17, 15) is 0 Å². The van der Waals surface area contributed by atoms with Crippen LogP contribution in [0.4, 0.5) is 11.4 Å². The Labute approximate surface area is 81.5 Å². The summed E-state index contributed by atoms with van der Waals surface area (Å²) >= 11 is 0. The number of hydrogen-bond donors (Lipinski definition) is 2. The van der Waals surface area contributed by atoms with Gasteiger partial charge >= 0.3 is 0 Å². The van der Waals surface area contributed by atoms with Gasteiger partial charge in [0, 0.05) is 5.69 Å². The van der Waals surface area contributed by atoms with Gasteiger partial charge < -0.3 is 9.73 Å². The van der Waals surface area contributed by atoms with Gasteiger partial charge in [-0.1, -0.05) is 18.2 Å². The molecular formula is C11H10N2O. The summed E-state index contributed by atoms with van der Waals surface area (Å²) in [6, 6.07) is 13.3. The Kier molecular flexibility index (Phi) is 2.32.